The molecule has 1 aromatic heterocycles. The summed E-state index contributed by atoms with van der Waals surface area (Å²) in [6.45, 7) is 9.50. The molecule has 0 saturated carbocycles. The molecule has 1 atom stereocenters. The second-order valence-electron chi connectivity index (χ2n) is 10.3. The fraction of sp³-hybridized carbons (Fsp3) is 0.393. The lowest BCUT2D eigenvalue weighted by atomic mass is 9.91. The standard InChI is InChI=1S/C28H31ClN4O3/c1-18-26-23-9-8-20(19-10-13-32(14-11-19)27(34)36-28(2,3)4)16-24(23)25(12-15-33(26)31-30-18)35-22-7-5-6-21(29)17-22/h5-10,16-17,25H,11-15H2,1-4H3. The van der Waals surface area contributed by atoms with Gasteiger partial charge in [-0.2, -0.15) is 0 Å². The minimum Gasteiger partial charge on any atom is -0.486 e. The van der Waals surface area contributed by atoms with Crippen LogP contribution in [0.1, 0.15) is 56.5 Å². The van der Waals surface area contributed by atoms with Crippen LogP contribution in [0.25, 0.3) is 16.8 Å². The van der Waals surface area contributed by atoms with Crippen molar-refractivity contribution in [1.82, 2.24) is 19.9 Å². The molecule has 36 heavy (non-hydrogen) atoms. The first-order valence-electron chi connectivity index (χ1n) is 12.3. The van der Waals surface area contributed by atoms with E-state index in [0.717, 1.165) is 46.7 Å². The van der Waals surface area contributed by atoms with Crippen LogP contribution in [0.3, 0.4) is 0 Å². The van der Waals surface area contributed by atoms with E-state index in [9.17, 15) is 4.79 Å². The van der Waals surface area contributed by atoms with Crippen molar-refractivity contribution in [2.45, 2.75) is 58.8 Å². The van der Waals surface area contributed by atoms with Gasteiger partial charge in [0.05, 0.1) is 11.4 Å². The third-order valence-electron chi connectivity index (χ3n) is 6.47. The molecule has 3 heterocycles. The number of aryl methyl sites for hydroxylation is 2. The molecule has 0 N–H and O–H groups in total. The minimum absolute atomic E-state index is 0.165. The molecule has 5 rings (SSSR count). The molecule has 7 nitrogen and oxygen atoms in total. The van der Waals surface area contributed by atoms with Crippen LogP contribution in [0.2, 0.25) is 5.02 Å². The molecular formula is C28H31ClN4O3. The zero-order valence-electron chi connectivity index (χ0n) is 21.1. The van der Waals surface area contributed by atoms with E-state index in [2.05, 4.69) is 34.6 Å². The molecule has 2 aliphatic rings. The van der Waals surface area contributed by atoms with Gasteiger partial charge in [0.2, 0.25) is 0 Å². The summed E-state index contributed by atoms with van der Waals surface area (Å²) in [5.74, 6) is 0.739. The SMILES string of the molecule is Cc1nnn2c1-c1ccc(C3=CCN(C(=O)OC(C)(C)C)CC3)cc1C(Oc1cccc(Cl)c1)CC2. The molecule has 1 amide bonds. The Balaban J connectivity index is 1.46. The highest BCUT2D eigenvalue weighted by Crippen LogP contribution is 2.39. The van der Waals surface area contributed by atoms with E-state index in [1.807, 2.05) is 56.6 Å². The van der Waals surface area contributed by atoms with Crippen LogP contribution in [-0.4, -0.2) is 44.7 Å². The van der Waals surface area contributed by atoms with Gasteiger partial charge in [-0.05, 0) is 69.5 Å². The van der Waals surface area contributed by atoms with Crippen molar-refractivity contribution in [3.05, 3.63) is 70.4 Å². The third-order valence-corrected chi connectivity index (χ3v) is 6.70. The predicted molar refractivity (Wildman–Crippen MR) is 140 cm³/mol. The monoisotopic (exact) mass is 506 g/mol. The lowest BCUT2D eigenvalue weighted by Gasteiger charge is -2.30. The van der Waals surface area contributed by atoms with Crippen molar-refractivity contribution in [3.8, 4) is 17.0 Å². The van der Waals surface area contributed by atoms with Crippen LogP contribution in [0.5, 0.6) is 5.75 Å². The van der Waals surface area contributed by atoms with Gasteiger partial charge in [0.25, 0.3) is 0 Å². The molecule has 0 radical (unpaired) electrons. The molecule has 0 fully saturated rings. The van der Waals surface area contributed by atoms with Crippen molar-refractivity contribution < 1.29 is 14.3 Å². The number of hydrogen-bond acceptors (Lipinski definition) is 5. The van der Waals surface area contributed by atoms with Crippen LogP contribution < -0.4 is 4.74 Å². The fourth-order valence-electron chi connectivity index (χ4n) is 4.78. The van der Waals surface area contributed by atoms with Gasteiger partial charge in [-0.15, -0.1) is 5.10 Å². The molecule has 1 unspecified atom stereocenters. The molecular weight excluding hydrogens is 476 g/mol. The molecule has 0 saturated heterocycles. The summed E-state index contributed by atoms with van der Waals surface area (Å²) in [6, 6.07) is 14.0. The summed E-state index contributed by atoms with van der Waals surface area (Å²) in [5.41, 5.74) is 5.96. The molecule has 2 aliphatic heterocycles. The van der Waals surface area contributed by atoms with E-state index in [1.165, 1.54) is 5.57 Å². The first-order valence-corrected chi connectivity index (χ1v) is 12.7. The first kappa shape index (κ1) is 24.4. The second kappa shape index (κ2) is 9.62. The van der Waals surface area contributed by atoms with Crippen LogP contribution in [0, 0.1) is 6.92 Å². The van der Waals surface area contributed by atoms with Gasteiger partial charge in [0.15, 0.2) is 0 Å². The topological polar surface area (TPSA) is 69.5 Å². The number of fused-ring (bicyclic) bond motifs is 3. The Kier molecular flexibility index (Phi) is 6.51. The summed E-state index contributed by atoms with van der Waals surface area (Å²) in [6.07, 6.45) is 3.20. The number of nitrogens with zero attached hydrogens (tertiary/aromatic N) is 4. The average Bonchev–Trinajstić information content (AvgIpc) is 3.12. The van der Waals surface area contributed by atoms with Crippen LogP contribution in [-0.2, 0) is 11.3 Å². The maximum Gasteiger partial charge on any atom is 0.410 e. The Morgan fingerprint density at radius 1 is 1.14 bits per heavy atom. The number of ether oxygens (including phenoxy) is 2. The molecule has 8 heteroatoms. The van der Waals surface area contributed by atoms with E-state index in [1.54, 1.807) is 4.90 Å². The number of amides is 1. The quantitative estimate of drug-likeness (QED) is 0.408. The number of aromatic nitrogens is 3. The van der Waals surface area contributed by atoms with Crippen molar-refractivity contribution in [2.24, 2.45) is 0 Å². The summed E-state index contributed by atoms with van der Waals surface area (Å²) < 4.78 is 14.0. The lowest BCUT2D eigenvalue weighted by molar-refractivity contribution is 0.0270. The van der Waals surface area contributed by atoms with Crippen LogP contribution >= 0.6 is 11.6 Å². The fourth-order valence-corrected chi connectivity index (χ4v) is 4.96. The lowest BCUT2D eigenvalue weighted by Crippen LogP contribution is -2.39. The van der Waals surface area contributed by atoms with E-state index >= 15 is 0 Å². The molecule has 2 aromatic carbocycles. The number of halogens is 1. The Labute approximate surface area is 216 Å². The Bertz CT molecular complexity index is 1320. The van der Waals surface area contributed by atoms with Crippen molar-refractivity contribution >= 4 is 23.3 Å². The van der Waals surface area contributed by atoms with Gasteiger partial charge in [-0.25, -0.2) is 9.48 Å². The Morgan fingerprint density at radius 2 is 1.97 bits per heavy atom. The van der Waals surface area contributed by atoms with Crippen molar-refractivity contribution in [1.29, 1.82) is 0 Å². The van der Waals surface area contributed by atoms with Crippen molar-refractivity contribution in [3.63, 3.8) is 0 Å². The van der Waals surface area contributed by atoms with Gasteiger partial charge in [-0.1, -0.05) is 41.1 Å². The summed E-state index contributed by atoms with van der Waals surface area (Å²) in [5, 5.41) is 9.32. The largest absolute Gasteiger partial charge is 0.486 e. The third kappa shape index (κ3) is 5.12. The molecule has 0 bridgehead atoms. The van der Waals surface area contributed by atoms with Gasteiger partial charge < -0.3 is 14.4 Å². The zero-order chi connectivity index (χ0) is 25.4. The average molecular weight is 507 g/mol. The maximum absolute atomic E-state index is 12.5. The van der Waals surface area contributed by atoms with Gasteiger partial charge in [0.1, 0.15) is 17.5 Å². The van der Waals surface area contributed by atoms with Crippen LogP contribution in [0.15, 0.2) is 48.5 Å². The van der Waals surface area contributed by atoms with Gasteiger partial charge >= 0.3 is 6.09 Å². The molecule has 0 aliphatic carbocycles. The normalized spacial score (nSPS) is 17.5. The van der Waals surface area contributed by atoms with E-state index in [0.29, 0.717) is 24.7 Å². The van der Waals surface area contributed by atoms with E-state index < -0.39 is 5.60 Å². The molecule has 0 spiro atoms. The first-order chi connectivity index (χ1) is 17.2. The van der Waals surface area contributed by atoms with E-state index in [-0.39, 0.29) is 12.2 Å². The van der Waals surface area contributed by atoms with Gasteiger partial charge in [-0.3, -0.25) is 0 Å². The smallest absolute Gasteiger partial charge is 0.410 e. The Hall–Kier alpha value is -3.32. The number of benzene rings is 2. The second-order valence-corrected chi connectivity index (χ2v) is 10.7. The summed E-state index contributed by atoms with van der Waals surface area (Å²) >= 11 is 6.22. The molecule has 3 aromatic rings. The minimum atomic E-state index is -0.504. The van der Waals surface area contributed by atoms with Crippen molar-refractivity contribution in [2.75, 3.05) is 13.1 Å². The highest BCUT2D eigenvalue weighted by molar-refractivity contribution is 6.30. The number of carbonyl (C=O) groups excluding carboxylic acids is 1. The molecule has 188 valence electrons. The number of rotatable bonds is 3. The highest BCUT2D eigenvalue weighted by Gasteiger charge is 2.28. The van der Waals surface area contributed by atoms with E-state index in [4.69, 9.17) is 21.1 Å². The highest BCUT2D eigenvalue weighted by atomic mass is 35.5. The summed E-state index contributed by atoms with van der Waals surface area (Å²) in [7, 11) is 0. The maximum atomic E-state index is 12.5. The zero-order valence-corrected chi connectivity index (χ0v) is 21.9. The number of hydrogen-bond donors (Lipinski definition) is 0. The Morgan fingerprint density at radius 3 is 2.69 bits per heavy atom. The summed E-state index contributed by atoms with van der Waals surface area (Å²) in [4.78, 5) is 14.2. The van der Waals surface area contributed by atoms with Gasteiger partial charge in [0, 0.05) is 42.2 Å². The predicted octanol–water partition coefficient (Wildman–Crippen LogP) is 6.45. The van der Waals surface area contributed by atoms with Crippen LogP contribution in [0.4, 0.5) is 4.79 Å². The number of carbonyl (C=O) groups is 1.